The van der Waals surface area contributed by atoms with Crippen LogP contribution in [0.15, 0.2) is 14.4 Å². The van der Waals surface area contributed by atoms with Crippen LogP contribution in [0.25, 0.3) is 10.9 Å². The number of rotatable bonds is 2. The molecule has 0 aliphatic heterocycles. The zero-order valence-electron chi connectivity index (χ0n) is 9.32. The van der Waals surface area contributed by atoms with Crippen molar-refractivity contribution in [3.05, 3.63) is 15.9 Å². The van der Waals surface area contributed by atoms with Crippen LogP contribution < -0.4 is 0 Å². The second-order valence-corrected chi connectivity index (χ2v) is 6.38. The molecular formula is C10H12BrN3OS. The van der Waals surface area contributed by atoms with Gasteiger partial charge in [-0.05, 0) is 21.3 Å². The quantitative estimate of drug-likeness (QED) is 0.851. The molecule has 0 amide bonds. The summed E-state index contributed by atoms with van der Waals surface area (Å²) in [6.45, 7) is 6.41. The lowest BCUT2D eigenvalue weighted by molar-refractivity contribution is 0.357. The Morgan fingerprint density at radius 1 is 1.38 bits per heavy atom. The Kier molecular flexibility index (Phi) is 3.12. The summed E-state index contributed by atoms with van der Waals surface area (Å²) in [7, 11) is 0. The molecule has 0 aromatic carbocycles. The highest BCUT2D eigenvalue weighted by molar-refractivity contribution is 9.10. The van der Waals surface area contributed by atoms with Gasteiger partial charge in [-0.2, -0.15) is 0 Å². The molecule has 6 heteroatoms. The molecule has 0 fully saturated rings. The topological polar surface area (TPSA) is 51.8 Å². The van der Waals surface area contributed by atoms with Crippen LogP contribution in [0.2, 0.25) is 0 Å². The lowest BCUT2D eigenvalue weighted by Gasteiger charge is -2.14. The summed E-state index contributed by atoms with van der Waals surface area (Å²) in [5.74, 6) is 1.16. The predicted octanol–water partition coefficient (Wildman–Crippen LogP) is 3.54. The van der Waals surface area contributed by atoms with E-state index in [0.717, 1.165) is 16.0 Å². The Balaban J connectivity index is 2.20. The summed E-state index contributed by atoms with van der Waals surface area (Å²) in [6.07, 6.45) is 0.770. The second kappa shape index (κ2) is 4.25. The molecule has 86 valence electrons. The number of hydrogen-bond donors (Lipinski definition) is 0. The maximum atomic E-state index is 5.56. The van der Waals surface area contributed by atoms with Crippen molar-refractivity contribution in [3.63, 3.8) is 0 Å². The molecule has 0 saturated carbocycles. The highest BCUT2D eigenvalue weighted by Gasteiger charge is 2.18. The molecule has 2 heterocycles. The molecule has 0 spiro atoms. The molecule has 0 atom stereocenters. The van der Waals surface area contributed by atoms with Crippen LogP contribution in [-0.4, -0.2) is 15.2 Å². The van der Waals surface area contributed by atoms with Gasteiger partial charge >= 0.3 is 0 Å². The fourth-order valence-corrected chi connectivity index (χ4v) is 2.39. The summed E-state index contributed by atoms with van der Waals surface area (Å²) in [6, 6.07) is 0. The van der Waals surface area contributed by atoms with Crippen LogP contribution in [0, 0.1) is 5.41 Å². The molecule has 16 heavy (non-hydrogen) atoms. The van der Waals surface area contributed by atoms with E-state index < -0.39 is 0 Å². The molecule has 0 bridgehead atoms. The normalized spacial score (nSPS) is 12.0. The average molecular weight is 302 g/mol. The fourth-order valence-electron chi connectivity index (χ4n) is 1.22. The summed E-state index contributed by atoms with van der Waals surface area (Å²) < 4.78 is 6.36. The third-order valence-electron chi connectivity index (χ3n) is 1.81. The Hall–Kier alpha value is -0.750. The molecule has 0 unspecified atom stereocenters. The van der Waals surface area contributed by atoms with Gasteiger partial charge in [0.2, 0.25) is 5.89 Å². The molecule has 0 aliphatic rings. The lowest BCUT2D eigenvalue weighted by Crippen LogP contribution is -2.09. The largest absolute Gasteiger partial charge is 0.419 e. The average Bonchev–Trinajstić information content (AvgIpc) is 2.71. The Bertz CT molecular complexity index is 486. The van der Waals surface area contributed by atoms with Gasteiger partial charge in [0.15, 0.2) is 5.01 Å². The van der Waals surface area contributed by atoms with Crippen LogP contribution in [0.5, 0.6) is 0 Å². The van der Waals surface area contributed by atoms with Gasteiger partial charge in [-0.3, -0.25) is 0 Å². The van der Waals surface area contributed by atoms with E-state index in [0.29, 0.717) is 11.8 Å². The maximum Gasteiger partial charge on any atom is 0.276 e. The third-order valence-corrected chi connectivity index (χ3v) is 3.35. The van der Waals surface area contributed by atoms with Gasteiger partial charge in [0, 0.05) is 11.8 Å². The summed E-state index contributed by atoms with van der Waals surface area (Å²) in [4.78, 5) is 4.23. The van der Waals surface area contributed by atoms with Crippen molar-refractivity contribution in [2.24, 2.45) is 5.41 Å². The summed E-state index contributed by atoms with van der Waals surface area (Å²) >= 11 is 4.77. The molecule has 0 radical (unpaired) electrons. The molecule has 2 aromatic rings. The van der Waals surface area contributed by atoms with E-state index in [2.05, 4.69) is 51.9 Å². The Morgan fingerprint density at radius 2 is 2.12 bits per heavy atom. The van der Waals surface area contributed by atoms with Crippen LogP contribution in [0.4, 0.5) is 0 Å². The first-order valence-electron chi connectivity index (χ1n) is 4.88. The first-order valence-corrected chi connectivity index (χ1v) is 6.55. The number of nitrogens with zero attached hydrogens (tertiary/aromatic N) is 3. The van der Waals surface area contributed by atoms with E-state index >= 15 is 0 Å². The highest BCUT2D eigenvalue weighted by Crippen LogP contribution is 2.26. The van der Waals surface area contributed by atoms with Crippen LogP contribution in [0.3, 0.4) is 0 Å². The van der Waals surface area contributed by atoms with E-state index in [1.807, 2.05) is 5.38 Å². The maximum absolute atomic E-state index is 5.56. The second-order valence-electron chi connectivity index (χ2n) is 4.71. The number of thiazole rings is 1. The molecule has 2 rings (SSSR count). The van der Waals surface area contributed by atoms with Crippen molar-refractivity contribution < 1.29 is 4.42 Å². The zero-order chi connectivity index (χ0) is 11.8. The zero-order valence-corrected chi connectivity index (χ0v) is 11.7. The number of halogens is 1. The molecule has 0 saturated heterocycles. The summed E-state index contributed by atoms with van der Waals surface area (Å²) in [5.41, 5.74) is 0.146. The predicted molar refractivity (Wildman–Crippen MR) is 66.3 cm³/mol. The van der Waals surface area contributed by atoms with E-state index in [4.69, 9.17) is 4.42 Å². The highest BCUT2D eigenvalue weighted by atomic mass is 79.9. The minimum atomic E-state index is 0.146. The van der Waals surface area contributed by atoms with Crippen molar-refractivity contribution in [2.45, 2.75) is 27.2 Å². The number of aromatic nitrogens is 3. The first kappa shape index (κ1) is 11.7. The fraction of sp³-hybridized carbons (Fsp3) is 0.500. The Labute approximate surface area is 106 Å². The van der Waals surface area contributed by atoms with Crippen molar-refractivity contribution in [1.82, 2.24) is 15.2 Å². The van der Waals surface area contributed by atoms with Crippen LogP contribution in [0.1, 0.15) is 26.7 Å². The van der Waals surface area contributed by atoms with Gasteiger partial charge in [-0.25, -0.2) is 4.98 Å². The monoisotopic (exact) mass is 301 g/mol. The molecule has 0 N–H and O–H groups in total. The van der Waals surface area contributed by atoms with Gasteiger partial charge < -0.3 is 4.42 Å². The Morgan fingerprint density at radius 3 is 2.69 bits per heavy atom. The lowest BCUT2D eigenvalue weighted by atomic mass is 9.92. The molecular weight excluding hydrogens is 290 g/mol. The van der Waals surface area contributed by atoms with E-state index in [1.165, 1.54) is 11.3 Å². The van der Waals surface area contributed by atoms with Crippen LogP contribution >= 0.6 is 27.3 Å². The van der Waals surface area contributed by atoms with Crippen molar-refractivity contribution in [2.75, 3.05) is 0 Å². The summed E-state index contributed by atoms with van der Waals surface area (Å²) in [5, 5.41) is 10.7. The SMILES string of the molecule is CC(C)(C)Cc1nnc(-c2nc(Br)cs2)o1. The van der Waals surface area contributed by atoms with Gasteiger partial charge in [0.05, 0.1) is 0 Å². The van der Waals surface area contributed by atoms with Gasteiger partial charge in [0.25, 0.3) is 5.89 Å². The van der Waals surface area contributed by atoms with Gasteiger partial charge in [0.1, 0.15) is 4.60 Å². The van der Waals surface area contributed by atoms with E-state index in [1.54, 1.807) is 0 Å². The minimum absolute atomic E-state index is 0.146. The smallest absolute Gasteiger partial charge is 0.276 e. The minimum Gasteiger partial charge on any atom is -0.419 e. The third kappa shape index (κ3) is 2.89. The molecule has 4 nitrogen and oxygen atoms in total. The standard InChI is InChI=1S/C10H12BrN3OS/c1-10(2,3)4-7-13-14-8(15-7)9-12-6(11)5-16-9/h5H,4H2,1-3H3. The molecule has 2 aromatic heterocycles. The van der Waals surface area contributed by atoms with Crippen molar-refractivity contribution in [1.29, 1.82) is 0 Å². The number of hydrogen-bond acceptors (Lipinski definition) is 5. The van der Waals surface area contributed by atoms with E-state index in [-0.39, 0.29) is 5.41 Å². The van der Waals surface area contributed by atoms with E-state index in [9.17, 15) is 0 Å². The van der Waals surface area contributed by atoms with Crippen LogP contribution in [-0.2, 0) is 6.42 Å². The van der Waals surface area contributed by atoms with Crippen molar-refractivity contribution >= 4 is 27.3 Å². The van der Waals surface area contributed by atoms with Gasteiger partial charge in [-0.15, -0.1) is 21.5 Å². The molecule has 0 aliphatic carbocycles. The first-order chi connectivity index (χ1) is 7.44. The van der Waals surface area contributed by atoms with Crippen molar-refractivity contribution in [3.8, 4) is 10.9 Å². The van der Waals surface area contributed by atoms with Gasteiger partial charge in [-0.1, -0.05) is 20.8 Å².